The fourth-order valence-electron chi connectivity index (χ4n) is 2.48. The molecule has 1 amide bonds. The van der Waals surface area contributed by atoms with E-state index in [9.17, 15) is 19.7 Å². The topological polar surface area (TPSA) is 122 Å². The largest absolute Gasteiger partial charge is 0.452 e. The molecule has 0 saturated heterocycles. The van der Waals surface area contributed by atoms with Crippen LogP contribution in [0.4, 0.5) is 5.69 Å². The predicted molar refractivity (Wildman–Crippen MR) is 78.3 cm³/mol. The van der Waals surface area contributed by atoms with Gasteiger partial charge in [-0.2, -0.15) is 5.26 Å². The molecule has 1 aromatic carbocycles. The quantitative estimate of drug-likeness (QED) is 0.501. The maximum Gasteiger partial charge on any atom is 0.338 e. The zero-order chi connectivity index (χ0) is 16.9. The molecular formula is C15H15N3O5. The summed E-state index contributed by atoms with van der Waals surface area (Å²) in [4.78, 5) is 33.5. The highest BCUT2D eigenvalue weighted by atomic mass is 16.6. The maximum absolute atomic E-state index is 11.8. The van der Waals surface area contributed by atoms with Gasteiger partial charge in [-0.25, -0.2) is 4.79 Å². The molecule has 0 atom stereocenters. The number of nitriles is 1. The van der Waals surface area contributed by atoms with Crippen LogP contribution in [-0.4, -0.2) is 28.9 Å². The van der Waals surface area contributed by atoms with E-state index in [1.807, 2.05) is 0 Å². The second-order valence-corrected chi connectivity index (χ2v) is 5.33. The van der Waals surface area contributed by atoms with E-state index in [1.54, 1.807) is 0 Å². The van der Waals surface area contributed by atoms with Crippen molar-refractivity contribution in [2.75, 3.05) is 6.61 Å². The van der Waals surface area contributed by atoms with Crippen LogP contribution in [-0.2, 0) is 9.53 Å². The number of carbonyl (C=O) groups is 2. The number of hydrogen-bond donors (Lipinski definition) is 1. The van der Waals surface area contributed by atoms with Crippen molar-refractivity contribution in [2.45, 2.75) is 31.2 Å². The van der Waals surface area contributed by atoms with Crippen LogP contribution in [0.15, 0.2) is 24.3 Å². The minimum atomic E-state index is -0.864. The molecule has 0 bridgehead atoms. The van der Waals surface area contributed by atoms with Crippen molar-refractivity contribution in [3.63, 3.8) is 0 Å². The second kappa shape index (κ2) is 6.87. The van der Waals surface area contributed by atoms with E-state index in [0.717, 1.165) is 12.8 Å². The first-order chi connectivity index (χ1) is 11.0. The number of amides is 1. The zero-order valence-corrected chi connectivity index (χ0v) is 12.3. The molecule has 1 aliphatic carbocycles. The first-order valence-corrected chi connectivity index (χ1v) is 7.10. The van der Waals surface area contributed by atoms with E-state index in [1.165, 1.54) is 24.3 Å². The number of nitro benzene ring substituents is 1. The fourth-order valence-corrected chi connectivity index (χ4v) is 2.48. The molecule has 1 saturated carbocycles. The highest BCUT2D eigenvalue weighted by Gasteiger charge is 2.35. The van der Waals surface area contributed by atoms with E-state index >= 15 is 0 Å². The van der Waals surface area contributed by atoms with Gasteiger partial charge in [-0.15, -0.1) is 0 Å². The van der Waals surface area contributed by atoms with Gasteiger partial charge in [0.15, 0.2) is 6.61 Å². The van der Waals surface area contributed by atoms with Gasteiger partial charge < -0.3 is 10.1 Å². The Labute approximate surface area is 132 Å². The zero-order valence-electron chi connectivity index (χ0n) is 12.3. The fraction of sp³-hybridized carbons (Fsp3) is 0.400. The summed E-state index contributed by atoms with van der Waals surface area (Å²) in [6.45, 7) is -0.501. The lowest BCUT2D eigenvalue weighted by Crippen LogP contribution is -2.46. The number of non-ortho nitro benzene ring substituents is 1. The number of nitrogens with one attached hydrogen (secondary N) is 1. The summed E-state index contributed by atoms with van der Waals surface area (Å²) >= 11 is 0. The Balaban J connectivity index is 1.87. The molecule has 1 aliphatic rings. The third-order valence-electron chi connectivity index (χ3n) is 3.70. The Morgan fingerprint density at radius 2 is 1.91 bits per heavy atom. The molecule has 1 aromatic rings. The highest BCUT2D eigenvalue weighted by Crippen LogP contribution is 2.28. The van der Waals surface area contributed by atoms with E-state index < -0.39 is 28.9 Å². The van der Waals surface area contributed by atoms with Crippen LogP contribution in [0.2, 0.25) is 0 Å². The van der Waals surface area contributed by atoms with E-state index in [0.29, 0.717) is 12.8 Å². The van der Waals surface area contributed by atoms with Crippen molar-refractivity contribution in [2.24, 2.45) is 0 Å². The average Bonchev–Trinajstić information content (AvgIpc) is 3.01. The maximum atomic E-state index is 11.8. The molecule has 8 heteroatoms. The Hall–Kier alpha value is -2.95. The van der Waals surface area contributed by atoms with Crippen LogP contribution in [0.25, 0.3) is 0 Å². The number of hydrogen-bond acceptors (Lipinski definition) is 6. The monoisotopic (exact) mass is 317 g/mol. The normalized spacial score (nSPS) is 15.4. The van der Waals surface area contributed by atoms with Crippen molar-refractivity contribution in [1.82, 2.24) is 5.32 Å². The molecule has 0 aliphatic heterocycles. The number of rotatable bonds is 5. The van der Waals surface area contributed by atoms with Crippen LogP contribution in [0.1, 0.15) is 36.0 Å². The third kappa shape index (κ3) is 4.03. The molecule has 23 heavy (non-hydrogen) atoms. The number of nitro groups is 1. The van der Waals surface area contributed by atoms with Crippen LogP contribution >= 0.6 is 0 Å². The summed E-state index contributed by atoms with van der Waals surface area (Å²) in [5.74, 6) is -1.30. The molecule has 1 N–H and O–H groups in total. The lowest BCUT2D eigenvalue weighted by molar-refractivity contribution is -0.384. The minimum absolute atomic E-state index is 0.110. The predicted octanol–water partition coefficient (Wildman–Crippen LogP) is 1.70. The average molecular weight is 317 g/mol. The summed E-state index contributed by atoms with van der Waals surface area (Å²) in [5.41, 5.74) is -0.896. The lowest BCUT2D eigenvalue weighted by atomic mass is 10.00. The van der Waals surface area contributed by atoms with Gasteiger partial charge in [0.25, 0.3) is 11.6 Å². The van der Waals surface area contributed by atoms with Crippen LogP contribution in [0.5, 0.6) is 0 Å². The number of ether oxygens (including phenoxy) is 1. The van der Waals surface area contributed by atoms with Crippen molar-refractivity contribution in [3.8, 4) is 6.07 Å². The van der Waals surface area contributed by atoms with Gasteiger partial charge in [0.2, 0.25) is 0 Å². The van der Waals surface area contributed by atoms with Gasteiger partial charge in [-0.1, -0.05) is 0 Å². The Kier molecular flexibility index (Phi) is 4.91. The highest BCUT2D eigenvalue weighted by molar-refractivity contribution is 5.91. The van der Waals surface area contributed by atoms with E-state index in [-0.39, 0.29) is 11.3 Å². The second-order valence-electron chi connectivity index (χ2n) is 5.33. The van der Waals surface area contributed by atoms with Crippen molar-refractivity contribution in [3.05, 3.63) is 39.9 Å². The minimum Gasteiger partial charge on any atom is -0.452 e. The molecule has 2 rings (SSSR count). The number of nitrogens with zero attached hydrogens (tertiary/aromatic N) is 2. The van der Waals surface area contributed by atoms with Crippen molar-refractivity contribution >= 4 is 17.6 Å². The van der Waals surface area contributed by atoms with Gasteiger partial charge in [-0.3, -0.25) is 14.9 Å². The Bertz CT molecular complexity index is 657. The molecule has 0 radical (unpaired) electrons. The molecule has 120 valence electrons. The van der Waals surface area contributed by atoms with E-state index in [2.05, 4.69) is 11.4 Å². The molecule has 0 aromatic heterocycles. The number of esters is 1. The molecule has 0 spiro atoms. The number of benzene rings is 1. The summed E-state index contributed by atoms with van der Waals surface area (Å²) in [6, 6.07) is 6.98. The summed E-state index contributed by atoms with van der Waals surface area (Å²) in [5, 5.41) is 22.3. The van der Waals surface area contributed by atoms with E-state index in [4.69, 9.17) is 10.00 Å². The first-order valence-electron chi connectivity index (χ1n) is 7.10. The van der Waals surface area contributed by atoms with Crippen LogP contribution in [0, 0.1) is 21.4 Å². The third-order valence-corrected chi connectivity index (χ3v) is 3.70. The van der Waals surface area contributed by atoms with Gasteiger partial charge >= 0.3 is 5.97 Å². The Morgan fingerprint density at radius 1 is 1.30 bits per heavy atom. The van der Waals surface area contributed by atoms with Crippen LogP contribution < -0.4 is 5.32 Å². The lowest BCUT2D eigenvalue weighted by Gasteiger charge is -2.21. The molecule has 0 heterocycles. The molecule has 1 fully saturated rings. The van der Waals surface area contributed by atoms with Crippen LogP contribution in [0.3, 0.4) is 0 Å². The smallest absolute Gasteiger partial charge is 0.338 e. The van der Waals surface area contributed by atoms with Gasteiger partial charge in [0, 0.05) is 12.1 Å². The van der Waals surface area contributed by atoms with Crippen molar-refractivity contribution in [1.29, 1.82) is 5.26 Å². The molecule has 0 unspecified atom stereocenters. The molecular weight excluding hydrogens is 302 g/mol. The number of carbonyl (C=O) groups excluding carboxylic acids is 2. The van der Waals surface area contributed by atoms with Gasteiger partial charge in [-0.05, 0) is 37.8 Å². The van der Waals surface area contributed by atoms with Gasteiger partial charge in [0.05, 0.1) is 16.6 Å². The first kappa shape index (κ1) is 16.4. The van der Waals surface area contributed by atoms with Crippen molar-refractivity contribution < 1.29 is 19.2 Å². The summed E-state index contributed by atoms with van der Waals surface area (Å²) in [7, 11) is 0. The van der Waals surface area contributed by atoms with Gasteiger partial charge in [0.1, 0.15) is 5.54 Å². The standard InChI is InChI=1S/C15H15N3O5/c16-10-15(7-1-2-8-15)17-13(19)9-23-14(20)11-3-5-12(6-4-11)18(21)22/h3-6H,1-2,7-9H2,(H,17,19). The summed E-state index contributed by atoms with van der Waals surface area (Å²) < 4.78 is 4.86. The summed E-state index contributed by atoms with van der Waals surface area (Å²) in [6.07, 6.45) is 2.92. The molecule has 8 nitrogen and oxygen atoms in total. The SMILES string of the molecule is N#CC1(NC(=O)COC(=O)c2ccc([N+](=O)[O-])cc2)CCCC1. The Morgan fingerprint density at radius 3 is 2.43 bits per heavy atom.